The van der Waals surface area contributed by atoms with E-state index in [-0.39, 0.29) is 18.4 Å². The first-order valence-electron chi connectivity index (χ1n) is 7.00. The molecule has 0 bridgehead atoms. The van der Waals surface area contributed by atoms with Crippen LogP contribution in [0.3, 0.4) is 0 Å². The van der Waals surface area contributed by atoms with Crippen molar-refractivity contribution in [2.45, 2.75) is 19.6 Å². The number of hydrogen-bond donors (Lipinski definition) is 0. The molecule has 22 heavy (non-hydrogen) atoms. The lowest BCUT2D eigenvalue weighted by Gasteiger charge is -2.28. The summed E-state index contributed by atoms with van der Waals surface area (Å²) in [7, 11) is 11.4. The van der Waals surface area contributed by atoms with E-state index in [0.717, 1.165) is 16.8 Å². The number of nitrogens with zero attached hydrogens (tertiary/aromatic N) is 3. The number of aromatic nitrogens is 2. The monoisotopic (exact) mass is 289 g/mol. The van der Waals surface area contributed by atoms with Crippen molar-refractivity contribution in [1.82, 2.24) is 14.9 Å². The molecule has 7 heteroatoms. The third-order valence-corrected chi connectivity index (χ3v) is 3.57. The molecule has 1 amide bonds. The third-order valence-electron chi connectivity index (χ3n) is 3.57. The summed E-state index contributed by atoms with van der Waals surface area (Å²) in [5, 5.41) is 0. The molecule has 3 rings (SSSR count). The number of fused-ring (bicyclic) bond motifs is 1. The van der Waals surface area contributed by atoms with Crippen LogP contribution >= 0.6 is 0 Å². The molecule has 0 fully saturated rings. The van der Waals surface area contributed by atoms with Crippen molar-refractivity contribution in [2.24, 2.45) is 0 Å². The fourth-order valence-electron chi connectivity index (χ4n) is 2.43. The molecule has 1 aliphatic rings. The van der Waals surface area contributed by atoms with Crippen LogP contribution in [0.25, 0.3) is 0 Å². The van der Waals surface area contributed by atoms with Crippen LogP contribution in [-0.4, -0.2) is 43.2 Å². The summed E-state index contributed by atoms with van der Waals surface area (Å²) in [4.78, 5) is 21.9. The van der Waals surface area contributed by atoms with Gasteiger partial charge in [-0.2, -0.15) is 0 Å². The van der Waals surface area contributed by atoms with E-state index in [1.54, 1.807) is 4.90 Å². The molecular weight excluding hydrogens is 276 g/mol. The Balaban J connectivity index is 1.65. The SMILES string of the molecule is [B]c1nc([B])c2c(n1)CCN(C(=O)OCc1ccccc1)C2. The van der Waals surface area contributed by atoms with Crippen LogP contribution in [0.1, 0.15) is 16.8 Å². The van der Waals surface area contributed by atoms with Gasteiger partial charge in [0.05, 0.1) is 12.3 Å². The highest BCUT2D eigenvalue weighted by molar-refractivity contribution is 6.34. The molecule has 1 aromatic carbocycles. The summed E-state index contributed by atoms with van der Waals surface area (Å²) in [6.07, 6.45) is 0.220. The van der Waals surface area contributed by atoms with Crippen LogP contribution in [0, 0.1) is 0 Å². The zero-order chi connectivity index (χ0) is 15.5. The van der Waals surface area contributed by atoms with E-state index in [9.17, 15) is 4.79 Å². The molecule has 2 aromatic rings. The minimum Gasteiger partial charge on any atom is -0.445 e. The highest BCUT2D eigenvalue weighted by atomic mass is 16.6. The molecule has 5 nitrogen and oxygen atoms in total. The number of ether oxygens (including phenoxy) is 1. The van der Waals surface area contributed by atoms with Gasteiger partial charge in [0.15, 0.2) is 7.85 Å². The van der Waals surface area contributed by atoms with Crippen molar-refractivity contribution >= 4 is 33.1 Å². The smallest absolute Gasteiger partial charge is 0.410 e. The molecule has 2 heterocycles. The van der Waals surface area contributed by atoms with E-state index in [2.05, 4.69) is 9.97 Å². The first-order valence-corrected chi connectivity index (χ1v) is 7.00. The van der Waals surface area contributed by atoms with Crippen molar-refractivity contribution in [3.63, 3.8) is 0 Å². The number of amides is 1. The van der Waals surface area contributed by atoms with Crippen molar-refractivity contribution < 1.29 is 9.53 Å². The van der Waals surface area contributed by atoms with Gasteiger partial charge in [-0.3, -0.25) is 4.98 Å². The maximum Gasteiger partial charge on any atom is 0.410 e. The zero-order valence-corrected chi connectivity index (χ0v) is 12.0. The number of carbonyl (C=O) groups is 1. The van der Waals surface area contributed by atoms with Crippen LogP contribution < -0.4 is 11.3 Å². The number of carbonyl (C=O) groups excluding carboxylic acids is 1. The Kier molecular flexibility index (Phi) is 4.13. The van der Waals surface area contributed by atoms with Gasteiger partial charge in [0.25, 0.3) is 0 Å². The summed E-state index contributed by atoms with van der Waals surface area (Å²) in [6, 6.07) is 9.55. The molecule has 0 spiro atoms. The second-order valence-electron chi connectivity index (χ2n) is 5.10. The Morgan fingerprint density at radius 1 is 1.23 bits per heavy atom. The quantitative estimate of drug-likeness (QED) is 0.716. The lowest BCUT2D eigenvalue weighted by atomic mass is 9.91. The predicted molar refractivity (Wildman–Crippen MR) is 83.5 cm³/mol. The average molecular weight is 289 g/mol. The minimum atomic E-state index is -0.370. The van der Waals surface area contributed by atoms with Crippen LogP contribution in [0.15, 0.2) is 30.3 Å². The van der Waals surface area contributed by atoms with Crippen LogP contribution in [0.5, 0.6) is 0 Å². The third kappa shape index (κ3) is 3.13. The Morgan fingerprint density at radius 2 is 2.00 bits per heavy atom. The average Bonchev–Trinajstić information content (AvgIpc) is 2.53. The molecule has 0 atom stereocenters. The Bertz CT molecular complexity index is 695. The van der Waals surface area contributed by atoms with Crippen LogP contribution in [-0.2, 0) is 24.3 Å². The van der Waals surface area contributed by atoms with Gasteiger partial charge in [0.1, 0.15) is 14.5 Å². The molecule has 0 N–H and O–H groups in total. The highest BCUT2D eigenvalue weighted by Crippen LogP contribution is 2.15. The fourth-order valence-corrected chi connectivity index (χ4v) is 2.43. The largest absolute Gasteiger partial charge is 0.445 e. The van der Waals surface area contributed by atoms with Gasteiger partial charge >= 0.3 is 6.09 Å². The normalized spacial score (nSPS) is 13.5. The van der Waals surface area contributed by atoms with Gasteiger partial charge < -0.3 is 9.64 Å². The number of hydrogen-bond acceptors (Lipinski definition) is 4. The summed E-state index contributed by atoms with van der Waals surface area (Å²) >= 11 is 0. The van der Waals surface area contributed by atoms with Crippen molar-refractivity contribution in [3.8, 4) is 0 Å². The van der Waals surface area contributed by atoms with E-state index < -0.39 is 0 Å². The van der Waals surface area contributed by atoms with Crippen molar-refractivity contribution in [3.05, 3.63) is 47.2 Å². The topological polar surface area (TPSA) is 55.3 Å². The molecule has 0 saturated carbocycles. The van der Waals surface area contributed by atoms with E-state index in [1.807, 2.05) is 30.3 Å². The summed E-state index contributed by atoms with van der Waals surface area (Å²) in [5.74, 6) is 0. The van der Waals surface area contributed by atoms with Gasteiger partial charge in [-0.15, -0.1) is 0 Å². The number of rotatable bonds is 2. The molecule has 106 valence electrons. The van der Waals surface area contributed by atoms with E-state index >= 15 is 0 Å². The summed E-state index contributed by atoms with van der Waals surface area (Å²) in [6.45, 7) is 1.11. The molecule has 0 saturated heterocycles. The van der Waals surface area contributed by atoms with Gasteiger partial charge in [0, 0.05) is 24.2 Å². The highest BCUT2D eigenvalue weighted by Gasteiger charge is 2.24. The molecule has 4 radical (unpaired) electrons. The van der Waals surface area contributed by atoms with Crippen LogP contribution in [0.2, 0.25) is 0 Å². The summed E-state index contributed by atoms with van der Waals surface area (Å²) < 4.78 is 5.33. The van der Waals surface area contributed by atoms with Gasteiger partial charge in [-0.05, 0) is 11.2 Å². The van der Waals surface area contributed by atoms with E-state index in [0.29, 0.717) is 25.1 Å². The minimum absolute atomic E-state index is 0.163. The molecular formula is C15H13B2N3O2. The molecule has 0 unspecified atom stereocenters. The second kappa shape index (κ2) is 6.22. The van der Waals surface area contributed by atoms with Crippen molar-refractivity contribution in [1.29, 1.82) is 0 Å². The first-order chi connectivity index (χ1) is 10.6. The maximum absolute atomic E-state index is 12.2. The van der Waals surface area contributed by atoms with Gasteiger partial charge in [-0.1, -0.05) is 30.3 Å². The predicted octanol–water partition coefficient (Wildman–Crippen LogP) is -0.241. The van der Waals surface area contributed by atoms with Gasteiger partial charge in [-0.25, -0.2) is 9.78 Å². The Morgan fingerprint density at radius 3 is 2.77 bits per heavy atom. The lowest BCUT2D eigenvalue weighted by molar-refractivity contribution is 0.0917. The molecule has 0 aliphatic carbocycles. The van der Waals surface area contributed by atoms with Gasteiger partial charge in [0.2, 0.25) is 0 Å². The standard InChI is InChI=1S/C15H13B2N3O2/c16-13-11-8-20(7-6-12(11)18-14(17)19-13)15(21)22-9-10-4-2-1-3-5-10/h1-5H,6-9H2. The lowest BCUT2D eigenvalue weighted by Crippen LogP contribution is -2.42. The molecule has 1 aromatic heterocycles. The fraction of sp³-hybridized carbons (Fsp3) is 0.267. The zero-order valence-electron chi connectivity index (χ0n) is 12.0. The van der Waals surface area contributed by atoms with E-state index in [4.69, 9.17) is 20.4 Å². The first kappa shape index (κ1) is 14.6. The van der Waals surface area contributed by atoms with Crippen LogP contribution in [0.4, 0.5) is 4.79 Å². The van der Waals surface area contributed by atoms with E-state index in [1.165, 1.54) is 0 Å². The second-order valence-corrected chi connectivity index (χ2v) is 5.10. The summed E-state index contributed by atoms with van der Waals surface area (Å²) in [5.41, 5.74) is 2.98. The number of benzene rings is 1. The Labute approximate surface area is 131 Å². The Hall–Kier alpha value is -2.30. The molecule has 1 aliphatic heterocycles. The maximum atomic E-state index is 12.2. The van der Waals surface area contributed by atoms with Crippen molar-refractivity contribution in [2.75, 3.05) is 6.54 Å².